The van der Waals surface area contributed by atoms with Crippen molar-refractivity contribution in [1.29, 1.82) is 0 Å². The molecule has 0 aliphatic rings. The topological polar surface area (TPSA) is 90.5 Å². The standard InChI is InChI=1S/C38H22N2OS.C38H22N2S.C38H24N2S/c1-2-9-26-22-27(21-16-23(26)8-1)34-37-35(31-11-4-6-15-33(31)42-37)40-38(39-34)25-19-17-24(18-20-25)28-12-7-13-30-29-10-3-5-14-32(29)41-36(28)30;1-2-10-24-21-25(18-17-23(24)9-1)35-37-36(32-15-7-8-16-34(32)41-37)40-38(39-35)26-19-20-31-29-13-4-3-11-27(29)28-12-5-6-14-30(28)33(31)22-26;1-3-11-25(12-4-1)30-22-31(26-13-5-2-6-14-26)24-32(23-30)38-39-35(29-20-19-27-15-7-8-16-28(27)21-29)37-36(40-38)33-17-9-10-18-34(33)41-37/h1-22H;1-22H;1-24H. The van der Waals surface area contributed by atoms with Gasteiger partial charge in [-0.1, -0.05) is 346 Å². The predicted molar refractivity (Wildman–Crippen MR) is 526 cm³/mol. The van der Waals surface area contributed by atoms with E-state index < -0.39 is 0 Å². The molecule has 26 aromatic rings. The van der Waals surface area contributed by atoms with Gasteiger partial charge in [0.2, 0.25) is 0 Å². The van der Waals surface area contributed by atoms with Crippen LogP contribution in [0.2, 0.25) is 0 Å². The van der Waals surface area contributed by atoms with E-state index >= 15 is 0 Å². The maximum absolute atomic E-state index is 6.30. The predicted octanol–water partition coefficient (Wildman–Crippen LogP) is 32.4. The molecule has 0 saturated carbocycles. The second-order valence-electron chi connectivity index (χ2n) is 31.4. The second-order valence-corrected chi connectivity index (χ2v) is 34.6. The van der Waals surface area contributed by atoms with Crippen LogP contribution in [-0.2, 0) is 0 Å². The van der Waals surface area contributed by atoms with Gasteiger partial charge in [-0.3, -0.25) is 0 Å². The molecule has 0 spiro atoms. The molecule has 7 heterocycles. The zero-order valence-corrected chi connectivity index (χ0v) is 69.0. The van der Waals surface area contributed by atoms with Gasteiger partial charge in [-0.15, -0.1) is 34.0 Å². The smallest absolute Gasteiger partial charge is 0.160 e. The SMILES string of the molecule is c1ccc(-c2cc(-c3ccccc3)cc(-c3nc(-c4ccc5ccccc5c4)c4sc5ccccc5c4n3)c2)cc1.c1ccc2cc(-c3nc(-c4ccc(-c5cccc6c5oc5ccccc56)cc4)nc4c3sc3ccccc34)ccc2c1.c1ccc2cc(-c3nc(-c4ccc5c6ccccc6c6ccccc6c5c4)nc4c3sc3ccccc34)ccc2c1. The molecule has 0 bridgehead atoms. The number of thiophene rings is 3. The van der Waals surface area contributed by atoms with E-state index in [0.29, 0.717) is 0 Å². The minimum atomic E-state index is 0.725. The fourth-order valence-corrected chi connectivity index (χ4v) is 21.4. The summed E-state index contributed by atoms with van der Waals surface area (Å²) >= 11 is 5.30. The molecule has 10 heteroatoms. The van der Waals surface area contributed by atoms with Crippen molar-refractivity contribution in [2.24, 2.45) is 0 Å². The number of hydrogen-bond acceptors (Lipinski definition) is 10. The normalized spacial score (nSPS) is 11.7. The first kappa shape index (κ1) is 72.5. The van der Waals surface area contributed by atoms with Gasteiger partial charge in [0.1, 0.15) is 11.2 Å². The van der Waals surface area contributed by atoms with Gasteiger partial charge >= 0.3 is 0 Å². The lowest BCUT2D eigenvalue weighted by molar-refractivity contribution is 0.670. The van der Waals surface area contributed by atoms with Gasteiger partial charge < -0.3 is 4.42 Å². The molecule has 26 rings (SSSR count). The fraction of sp³-hybridized carbons (Fsp3) is 0. The van der Waals surface area contributed by atoms with Crippen molar-refractivity contribution in [3.63, 3.8) is 0 Å². The van der Waals surface area contributed by atoms with Gasteiger partial charge in [0, 0.05) is 80.0 Å². The van der Waals surface area contributed by atoms with Crippen LogP contribution >= 0.6 is 34.0 Å². The third kappa shape index (κ3) is 12.9. The van der Waals surface area contributed by atoms with E-state index in [0.717, 1.165) is 148 Å². The Morgan fingerprint density at radius 2 is 0.508 bits per heavy atom. The van der Waals surface area contributed by atoms with Crippen molar-refractivity contribution < 1.29 is 4.42 Å². The summed E-state index contributed by atoms with van der Waals surface area (Å²) in [6, 6.07) is 146. The van der Waals surface area contributed by atoms with Gasteiger partial charge in [0.25, 0.3) is 0 Å². The van der Waals surface area contributed by atoms with E-state index in [9.17, 15) is 0 Å². The Hall–Kier alpha value is -15.6. The van der Waals surface area contributed by atoms with Gasteiger partial charge in [-0.05, 0) is 159 Å². The summed E-state index contributed by atoms with van der Waals surface area (Å²) in [4.78, 5) is 31.4. The Morgan fingerprint density at radius 3 is 0.968 bits per heavy atom. The van der Waals surface area contributed by atoms with Crippen LogP contribution in [0.3, 0.4) is 0 Å². The van der Waals surface area contributed by atoms with Crippen molar-refractivity contribution in [1.82, 2.24) is 29.9 Å². The van der Waals surface area contributed by atoms with E-state index in [1.54, 1.807) is 34.0 Å². The second kappa shape index (κ2) is 30.3. The minimum Gasteiger partial charge on any atom is -0.455 e. The highest BCUT2D eigenvalue weighted by Crippen LogP contribution is 2.47. The molecule has 0 N–H and O–H groups in total. The Kier molecular flexibility index (Phi) is 17.7. The highest BCUT2D eigenvalue weighted by molar-refractivity contribution is 7.27. The van der Waals surface area contributed by atoms with Crippen LogP contribution in [0.1, 0.15) is 0 Å². The number of nitrogens with zero attached hydrogens (tertiary/aromatic N) is 6. The molecule has 0 fully saturated rings. The molecule has 124 heavy (non-hydrogen) atoms. The van der Waals surface area contributed by atoms with E-state index in [4.69, 9.17) is 34.3 Å². The van der Waals surface area contributed by atoms with Crippen molar-refractivity contribution in [2.75, 3.05) is 0 Å². The Morgan fingerprint density at radius 1 is 0.177 bits per heavy atom. The van der Waals surface area contributed by atoms with Crippen LogP contribution in [0.4, 0.5) is 0 Å². The average Bonchev–Trinajstić information content (AvgIpc) is 0.836. The van der Waals surface area contributed by atoms with Crippen LogP contribution in [0.5, 0.6) is 0 Å². The van der Waals surface area contributed by atoms with Crippen LogP contribution in [0.15, 0.2) is 417 Å². The quantitative estimate of drug-likeness (QED) is 0.133. The number of aromatic nitrogens is 6. The highest BCUT2D eigenvalue weighted by atomic mass is 32.1. The van der Waals surface area contributed by atoms with E-state index in [-0.39, 0.29) is 0 Å². The van der Waals surface area contributed by atoms with E-state index in [1.165, 1.54) is 101 Å². The number of furan rings is 1. The molecule has 0 atom stereocenters. The molecular formula is C114H68N6OS3. The lowest BCUT2D eigenvalue weighted by Crippen LogP contribution is -1.95. The number of rotatable bonds is 9. The highest BCUT2D eigenvalue weighted by Gasteiger charge is 2.24. The van der Waals surface area contributed by atoms with Gasteiger partial charge in [-0.2, -0.15) is 0 Å². The molecule has 0 amide bonds. The van der Waals surface area contributed by atoms with Crippen LogP contribution in [0.25, 0.3) is 249 Å². The summed E-state index contributed by atoms with van der Waals surface area (Å²) in [6.07, 6.45) is 0. The maximum Gasteiger partial charge on any atom is 0.160 e. The molecular weight excluding hydrogens is 1570 g/mol. The molecule has 7 nitrogen and oxygen atoms in total. The largest absolute Gasteiger partial charge is 0.455 e. The van der Waals surface area contributed by atoms with Gasteiger partial charge in [-0.25, -0.2) is 29.9 Å². The monoisotopic (exact) mass is 1630 g/mol. The number of para-hydroxylation sites is 2. The zero-order chi connectivity index (χ0) is 81.7. The molecule has 0 aliphatic heterocycles. The van der Waals surface area contributed by atoms with Crippen molar-refractivity contribution in [3.8, 4) is 101 Å². The van der Waals surface area contributed by atoms with E-state index in [1.807, 2.05) is 12.1 Å². The summed E-state index contributed by atoms with van der Waals surface area (Å²) in [7, 11) is 0. The lowest BCUT2D eigenvalue weighted by Gasteiger charge is -2.12. The summed E-state index contributed by atoms with van der Waals surface area (Å²) < 4.78 is 13.3. The van der Waals surface area contributed by atoms with Crippen molar-refractivity contribution >= 4 is 181 Å². The minimum absolute atomic E-state index is 0.725. The van der Waals surface area contributed by atoms with Gasteiger partial charge in [0.05, 0.1) is 47.7 Å². The summed E-state index contributed by atoms with van der Waals surface area (Å²) in [5.74, 6) is 2.21. The van der Waals surface area contributed by atoms with Crippen LogP contribution in [0, 0.1) is 0 Å². The first-order valence-electron chi connectivity index (χ1n) is 41.6. The zero-order valence-electron chi connectivity index (χ0n) is 66.6. The third-order valence-corrected chi connectivity index (χ3v) is 27.5. The molecule has 0 saturated heterocycles. The lowest BCUT2D eigenvalue weighted by atomic mass is 9.93. The molecule has 0 unspecified atom stereocenters. The van der Waals surface area contributed by atoms with Crippen LogP contribution < -0.4 is 0 Å². The molecule has 7 aromatic heterocycles. The summed E-state index contributed by atoms with van der Waals surface area (Å²) in [5.41, 5.74) is 20.9. The fourth-order valence-electron chi connectivity index (χ4n) is 17.9. The molecule has 19 aromatic carbocycles. The summed E-state index contributed by atoms with van der Waals surface area (Å²) in [6.45, 7) is 0. The van der Waals surface area contributed by atoms with Crippen LogP contribution in [-0.4, -0.2) is 29.9 Å². The number of fused-ring (bicyclic) bond motifs is 21. The Balaban J connectivity index is 0.000000105. The van der Waals surface area contributed by atoms with Crippen molar-refractivity contribution in [3.05, 3.63) is 413 Å². The van der Waals surface area contributed by atoms with Gasteiger partial charge in [0.15, 0.2) is 17.5 Å². The number of hydrogen-bond donors (Lipinski definition) is 0. The van der Waals surface area contributed by atoms with E-state index in [2.05, 4.69) is 400 Å². The molecule has 578 valence electrons. The average molecular weight is 1630 g/mol. The Bertz CT molecular complexity index is 8680. The first-order chi connectivity index (χ1) is 61.4. The third-order valence-electron chi connectivity index (χ3n) is 24.0. The van der Waals surface area contributed by atoms with Crippen molar-refractivity contribution in [2.45, 2.75) is 0 Å². The summed E-state index contributed by atoms with van der Waals surface area (Å²) in [5, 5.41) is 20.6. The maximum atomic E-state index is 6.30. The number of benzene rings is 19. The molecule has 0 aliphatic carbocycles. The molecule has 0 radical (unpaired) electrons. The Labute approximate surface area is 724 Å². The first-order valence-corrected chi connectivity index (χ1v) is 44.0.